The Morgan fingerprint density at radius 1 is 1.18 bits per heavy atom. The van der Waals surface area contributed by atoms with Gasteiger partial charge in [0.25, 0.3) is 0 Å². The highest BCUT2D eigenvalue weighted by Crippen LogP contribution is 2.21. The summed E-state index contributed by atoms with van der Waals surface area (Å²) in [5.41, 5.74) is 1.46. The van der Waals surface area contributed by atoms with E-state index in [0.717, 1.165) is 43.7 Å². The lowest BCUT2D eigenvalue weighted by Crippen LogP contribution is -2.46. The van der Waals surface area contributed by atoms with Gasteiger partial charge in [-0.1, -0.05) is 30.3 Å². The van der Waals surface area contributed by atoms with Gasteiger partial charge in [0, 0.05) is 26.2 Å². The van der Waals surface area contributed by atoms with Crippen LogP contribution in [0.2, 0.25) is 0 Å². The molecule has 1 N–H and O–H groups in total. The van der Waals surface area contributed by atoms with Gasteiger partial charge in [-0.05, 0) is 55.8 Å². The highest BCUT2D eigenvalue weighted by molar-refractivity contribution is 7.80. The van der Waals surface area contributed by atoms with Crippen LogP contribution in [0.15, 0.2) is 30.3 Å². The third-order valence-corrected chi connectivity index (χ3v) is 5.18. The molecule has 120 valence electrons. The van der Waals surface area contributed by atoms with Crippen molar-refractivity contribution in [2.45, 2.75) is 38.2 Å². The van der Waals surface area contributed by atoms with Crippen LogP contribution < -0.4 is 5.32 Å². The fraction of sp³-hybridized carbons (Fsp3) is 0.611. The standard InChI is InChI=1S/C18H26N2OS/c22-18(19-14-17-7-4-12-21-17)20-10-8-16(9-11-20)13-15-5-2-1-3-6-15/h1-3,5-6,16-17H,4,7-14H2,(H,19,22). The molecule has 1 aromatic carbocycles. The molecule has 3 rings (SSSR count). The third-order valence-electron chi connectivity index (χ3n) is 4.77. The molecule has 22 heavy (non-hydrogen) atoms. The third kappa shape index (κ3) is 4.43. The average molecular weight is 318 g/mol. The van der Waals surface area contributed by atoms with Gasteiger partial charge in [0.05, 0.1) is 6.10 Å². The molecule has 0 aliphatic carbocycles. The van der Waals surface area contributed by atoms with E-state index in [1.165, 1.54) is 31.2 Å². The first kappa shape index (κ1) is 15.8. The molecule has 1 aromatic rings. The van der Waals surface area contributed by atoms with Crippen LogP contribution in [0.25, 0.3) is 0 Å². The van der Waals surface area contributed by atoms with Crippen LogP contribution in [-0.4, -0.2) is 42.4 Å². The van der Waals surface area contributed by atoms with Gasteiger partial charge in [-0.25, -0.2) is 0 Å². The number of benzene rings is 1. The molecular formula is C18H26N2OS. The first-order valence-corrected chi connectivity index (χ1v) is 8.90. The Bertz CT molecular complexity index is 465. The van der Waals surface area contributed by atoms with E-state index in [1.54, 1.807) is 0 Å². The minimum absolute atomic E-state index is 0.355. The Kier molecular flexibility index (Phi) is 5.68. The van der Waals surface area contributed by atoms with Crippen LogP contribution in [0.3, 0.4) is 0 Å². The van der Waals surface area contributed by atoms with E-state index in [9.17, 15) is 0 Å². The summed E-state index contributed by atoms with van der Waals surface area (Å²) in [6, 6.07) is 10.8. The van der Waals surface area contributed by atoms with Crippen LogP contribution in [0.4, 0.5) is 0 Å². The highest BCUT2D eigenvalue weighted by Gasteiger charge is 2.22. The quantitative estimate of drug-likeness (QED) is 0.863. The molecule has 0 saturated carbocycles. The van der Waals surface area contributed by atoms with Crippen molar-refractivity contribution < 1.29 is 4.74 Å². The van der Waals surface area contributed by atoms with E-state index in [4.69, 9.17) is 17.0 Å². The number of nitrogens with zero attached hydrogens (tertiary/aromatic N) is 1. The van der Waals surface area contributed by atoms with Crippen molar-refractivity contribution in [1.29, 1.82) is 0 Å². The molecule has 2 fully saturated rings. The summed E-state index contributed by atoms with van der Waals surface area (Å²) < 4.78 is 5.63. The molecule has 2 aliphatic heterocycles. The molecule has 1 unspecified atom stereocenters. The summed E-state index contributed by atoms with van der Waals surface area (Å²) in [6.45, 7) is 3.93. The molecule has 2 heterocycles. The van der Waals surface area contributed by atoms with Crippen molar-refractivity contribution in [3.05, 3.63) is 35.9 Å². The molecule has 2 aliphatic rings. The van der Waals surface area contributed by atoms with Gasteiger partial charge in [-0.3, -0.25) is 0 Å². The van der Waals surface area contributed by atoms with E-state index >= 15 is 0 Å². The monoisotopic (exact) mass is 318 g/mol. The average Bonchev–Trinajstić information content (AvgIpc) is 3.08. The van der Waals surface area contributed by atoms with Crippen molar-refractivity contribution >= 4 is 17.3 Å². The highest BCUT2D eigenvalue weighted by atomic mass is 32.1. The maximum absolute atomic E-state index is 5.63. The summed E-state index contributed by atoms with van der Waals surface area (Å²) in [4.78, 5) is 2.33. The number of likely N-dealkylation sites (tertiary alicyclic amines) is 1. The summed E-state index contributed by atoms with van der Waals surface area (Å²) >= 11 is 5.54. The van der Waals surface area contributed by atoms with Gasteiger partial charge in [0.15, 0.2) is 5.11 Å². The van der Waals surface area contributed by atoms with Crippen LogP contribution in [0, 0.1) is 5.92 Å². The van der Waals surface area contributed by atoms with Gasteiger partial charge in [-0.15, -0.1) is 0 Å². The van der Waals surface area contributed by atoms with Gasteiger partial charge in [0.1, 0.15) is 0 Å². The summed E-state index contributed by atoms with van der Waals surface area (Å²) in [6.07, 6.45) is 6.37. The lowest BCUT2D eigenvalue weighted by Gasteiger charge is -2.34. The number of hydrogen-bond acceptors (Lipinski definition) is 2. The Hall–Kier alpha value is -1.13. The van der Waals surface area contributed by atoms with Gasteiger partial charge in [0.2, 0.25) is 0 Å². The maximum atomic E-state index is 5.63. The molecule has 0 bridgehead atoms. The number of nitrogens with one attached hydrogen (secondary N) is 1. The Morgan fingerprint density at radius 2 is 1.95 bits per heavy atom. The number of rotatable bonds is 4. The van der Waals surface area contributed by atoms with Crippen molar-refractivity contribution in [2.75, 3.05) is 26.2 Å². The molecule has 0 amide bonds. The molecule has 0 radical (unpaired) electrons. The minimum Gasteiger partial charge on any atom is -0.376 e. The van der Waals surface area contributed by atoms with Crippen LogP contribution in [0.1, 0.15) is 31.2 Å². The number of thiocarbonyl (C=S) groups is 1. The van der Waals surface area contributed by atoms with Gasteiger partial charge in [-0.2, -0.15) is 0 Å². The second-order valence-electron chi connectivity index (χ2n) is 6.44. The number of ether oxygens (including phenoxy) is 1. The predicted molar refractivity (Wildman–Crippen MR) is 94.0 cm³/mol. The topological polar surface area (TPSA) is 24.5 Å². The first-order chi connectivity index (χ1) is 10.8. The lowest BCUT2D eigenvalue weighted by atomic mass is 9.90. The van der Waals surface area contributed by atoms with E-state index in [0.29, 0.717) is 6.10 Å². The Morgan fingerprint density at radius 3 is 2.64 bits per heavy atom. The van der Waals surface area contributed by atoms with Crippen LogP contribution in [0.5, 0.6) is 0 Å². The van der Waals surface area contributed by atoms with E-state index in [2.05, 4.69) is 40.5 Å². The summed E-state index contributed by atoms with van der Waals surface area (Å²) in [5.74, 6) is 0.791. The fourth-order valence-electron chi connectivity index (χ4n) is 3.41. The molecule has 1 atom stereocenters. The Labute approximate surface area is 139 Å². The van der Waals surface area contributed by atoms with Crippen LogP contribution >= 0.6 is 12.2 Å². The van der Waals surface area contributed by atoms with Crippen molar-refractivity contribution in [3.8, 4) is 0 Å². The first-order valence-electron chi connectivity index (χ1n) is 8.49. The molecular weight excluding hydrogens is 292 g/mol. The summed E-state index contributed by atoms with van der Waals surface area (Å²) in [5, 5.41) is 4.30. The van der Waals surface area contributed by atoms with E-state index in [1.807, 2.05) is 0 Å². The normalized spacial score (nSPS) is 22.7. The maximum Gasteiger partial charge on any atom is 0.169 e. The van der Waals surface area contributed by atoms with Crippen LogP contribution in [-0.2, 0) is 11.2 Å². The summed E-state index contributed by atoms with van der Waals surface area (Å²) in [7, 11) is 0. The zero-order chi connectivity index (χ0) is 15.2. The van der Waals surface area contributed by atoms with E-state index in [-0.39, 0.29) is 0 Å². The van der Waals surface area contributed by atoms with E-state index < -0.39 is 0 Å². The molecule has 2 saturated heterocycles. The SMILES string of the molecule is S=C(NCC1CCCO1)N1CCC(Cc2ccccc2)CC1. The molecule has 0 spiro atoms. The largest absolute Gasteiger partial charge is 0.376 e. The van der Waals surface area contributed by atoms with Crippen molar-refractivity contribution in [2.24, 2.45) is 5.92 Å². The fourth-order valence-corrected chi connectivity index (χ4v) is 3.67. The second kappa shape index (κ2) is 7.93. The minimum atomic E-state index is 0.355. The lowest BCUT2D eigenvalue weighted by molar-refractivity contribution is 0.113. The Balaban J connectivity index is 1.38. The molecule has 4 heteroatoms. The second-order valence-corrected chi connectivity index (χ2v) is 6.83. The predicted octanol–water partition coefficient (Wildman–Crippen LogP) is 2.99. The van der Waals surface area contributed by atoms with Gasteiger partial charge >= 0.3 is 0 Å². The molecule has 3 nitrogen and oxygen atoms in total. The smallest absolute Gasteiger partial charge is 0.169 e. The molecule has 0 aromatic heterocycles. The van der Waals surface area contributed by atoms with Gasteiger partial charge < -0.3 is 15.0 Å². The van der Waals surface area contributed by atoms with Crippen molar-refractivity contribution in [3.63, 3.8) is 0 Å². The number of piperidine rings is 1. The van der Waals surface area contributed by atoms with Crippen molar-refractivity contribution in [1.82, 2.24) is 10.2 Å². The zero-order valence-corrected chi connectivity index (χ0v) is 14.0. The zero-order valence-electron chi connectivity index (χ0n) is 13.2. The number of hydrogen-bond donors (Lipinski definition) is 1.